The molecule has 27 heavy (non-hydrogen) atoms. The summed E-state index contributed by atoms with van der Waals surface area (Å²) in [6, 6.07) is 3.82. The molecule has 4 heterocycles. The van der Waals surface area contributed by atoms with Crippen LogP contribution in [0, 0.1) is 0 Å². The van der Waals surface area contributed by atoms with E-state index >= 15 is 0 Å². The standard InChI is InChI=1S/C18H22N8O/c1-24-17-15(11-23-24)18(22-13-21-17)26-7-5-25(6-8-26)12-16(27)20-10-14-3-2-4-19-9-14/h2-4,9,11,13H,5-8,10,12H2,1H3,(H,20,27). The quantitative estimate of drug-likeness (QED) is 0.689. The Labute approximate surface area is 157 Å². The third-order valence-corrected chi connectivity index (χ3v) is 4.76. The molecular formula is C18H22N8O. The van der Waals surface area contributed by atoms with Crippen LogP contribution in [0.3, 0.4) is 0 Å². The van der Waals surface area contributed by atoms with Crippen LogP contribution in [-0.4, -0.2) is 68.3 Å². The first-order valence-corrected chi connectivity index (χ1v) is 8.96. The van der Waals surface area contributed by atoms with Crippen LogP contribution in [0.25, 0.3) is 11.0 Å². The van der Waals surface area contributed by atoms with Gasteiger partial charge in [-0.1, -0.05) is 6.07 Å². The number of nitrogens with one attached hydrogen (secondary N) is 1. The van der Waals surface area contributed by atoms with E-state index < -0.39 is 0 Å². The molecule has 3 aromatic heterocycles. The maximum atomic E-state index is 12.2. The molecule has 0 aromatic carbocycles. The van der Waals surface area contributed by atoms with E-state index in [9.17, 15) is 4.79 Å². The summed E-state index contributed by atoms with van der Waals surface area (Å²) < 4.78 is 1.75. The number of pyridine rings is 1. The summed E-state index contributed by atoms with van der Waals surface area (Å²) >= 11 is 0. The fourth-order valence-electron chi connectivity index (χ4n) is 3.28. The van der Waals surface area contributed by atoms with Gasteiger partial charge in [-0.2, -0.15) is 5.10 Å². The van der Waals surface area contributed by atoms with E-state index in [1.54, 1.807) is 23.4 Å². The predicted octanol–water partition coefficient (Wildman–Crippen LogP) is 0.197. The Bertz CT molecular complexity index is 918. The Morgan fingerprint density at radius 2 is 2.04 bits per heavy atom. The van der Waals surface area contributed by atoms with Crippen LogP contribution in [0.1, 0.15) is 5.56 Å². The van der Waals surface area contributed by atoms with E-state index in [-0.39, 0.29) is 5.91 Å². The van der Waals surface area contributed by atoms with Crippen molar-refractivity contribution in [1.29, 1.82) is 0 Å². The average Bonchev–Trinajstić information content (AvgIpc) is 3.09. The molecule has 1 saturated heterocycles. The lowest BCUT2D eigenvalue weighted by Gasteiger charge is -2.35. The second-order valence-electron chi connectivity index (χ2n) is 6.60. The monoisotopic (exact) mass is 366 g/mol. The van der Waals surface area contributed by atoms with Crippen molar-refractivity contribution in [3.8, 4) is 0 Å². The molecule has 0 aliphatic carbocycles. The number of hydrogen-bond donors (Lipinski definition) is 1. The Morgan fingerprint density at radius 1 is 1.19 bits per heavy atom. The normalized spacial score (nSPS) is 15.2. The number of fused-ring (bicyclic) bond motifs is 1. The number of carbonyl (C=O) groups is 1. The fraction of sp³-hybridized carbons (Fsp3) is 0.389. The number of amides is 1. The van der Waals surface area contributed by atoms with Gasteiger partial charge in [-0.3, -0.25) is 19.4 Å². The lowest BCUT2D eigenvalue weighted by molar-refractivity contribution is -0.122. The molecule has 0 unspecified atom stereocenters. The number of nitrogens with zero attached hydrogens (tertiary/aromatic N) is 7. The van der Waals surface area contributed by atoms with Crippen molar-refractivity contribution in [1.82, 2.24) is 34.9 Å². The van der Waals surface area contributed by atoms with Crippen LogP contribution >= 0.6 is 0 Å². The average molecular weight is 366 g/mol. The molecule has 9 nitrogen and oxygen atoms in total. The van der Waals surface area contributed by atoms with Crippen LogP contribution in [-0.2, 0) is 18.4 Å². The Kier molecular flexibility index (Phi) is 4.93. The highest BCUT2D eigenvalue weighted by molar-refractivity contribution is 5.86. The lowest BCUT2D eigenvalue weighted by atomic mass is 10.2. The molecule has 0 atom stereocenters. The van der Waals surface area contributed by atoms with Gasteiger partial charge in [-0.05, 0) is 11.6 Å². The molecule has 0 radical (unpaired) electrons. The third kappa shape index (κ3) is 3.87. The molecule has 0 spiro atoms. The van der Waals surface area contributed by atoms with Gasteiger partial charge >= 0.3 is 0 Å². The van der Waals surface area contributed by atoms with Crippen molar-refractivity contribution in [2.45, 2.75) is 6.54 Å². The zero-order valence-corrected chi connectivity index (χ0v) is 15.2. The van der Waals surface area contributed by atoms with E-state index in [0.29, 0.717) is 13.1 Å². The van der Waals surface area contributed by atoms with Crippen molar-refractivity contribution in [2.24, 2.45) is 7.05 Å². The molecule has 4 rings (SSSR count). The summed E-state index contributed by atoms with van der Waals surface area (Å²) in [5.74, 6) is 0.942. The minimum atomic E-state index is 0.0315. The lowest BCUT2D eigenvalue weighted by Crippen LogP contribution is -2.49. The molecule has 140 valence electrons. The van der Waals surface area contributed by atoms with Crippen LogP contribution < -0.4 is 10.2 Å². The summed E-state index contributed by atoms with van der Waals surface area (Å²) in [5, 5.41) is 8.18. The number of rotatable bonds is 5. The summed E-state index contributed by atoms with van der Waals surface area (Å²) in [4.78, 5) is 29.4. The molecule has 3 aromatic rings. The molecule has 0 saturated carbocycles. The second kappa shape index (κ2) is 7.67. The first-order valence-electron chi connectivity index (χ1n) is 8.96. The largest absolute Gasteiger partial charge is 0.353 e. The van der Waals surface area contributed by atoms with Gasteiger partial charge in [0, 0.05) is 52.2 Å². The van der Waals surface area contributed by atoms with E-state index in [1.165, 1.54) is 0 Å². The molecule has 1 amide bonds. The van der Waals surface area contributed by atoms with E-state index in [0.717, 1.165) is 48.6 Å². The molecule has 9 heteroatoms. The Hall–Kier alpha value is -3.07. The molecule has 1 aliphatic rings. The minimum Gasteiger partial charge on any atom is -0.353 e. The summed E-state index contributed by atoms with van der Waals surface area (Å²) in [6.07, 6.45) is 6.88. The van der Waals surface area contributed by atoms with Crippen LogP contribution in [0.4, 0.5) is 5.82 Å². The van der Waals surface area contributed by atoms with E-state index in [4.69, 9.17) is 0 Å². The van der Waals surface area contributed by atoms with Crippen LogP contribution in [0.15, 0.2) is 37.1 Å². The molecule has 1 aliphatic heterocycles. The third-order valence-electron chi connectivity index (χ3n) is 4.76. The number of piperazine rings is 1. The van der Waals surface area contributed by atoms with Gasteiger partial charge in [0.1, 0.15) is 12.1 Å². The molecule has 1 N–H and O–H groups in total. The Morgan fingerprint density at radius 3 is 2.81 bits per heavy atom. The number of aryl methyl sites for hydroxylation is 1. The van der Waals surface area contributed by atoms with Gasteiger partial charge in [0.05, 0.1) is 18.1 Å². The molecule has 0 bridgehead atoms. The first kappa shape index (κ1) is 17.3. The summed E-state index contributed by atoms with van der Waals surface area (Å²) in [7, 11) is 1.88. The van der Waals surface area contributed by atoms with Crippen molar-refractivity contribution < 1.29 is 4.79 Å². The number of hydrogen-bond acceptors (Lipinski definition) is 7. The highest BCUT2D eigenvalue weighted by Crippen LogP contribution is 2.23. The van der Waals surface area contributed by atoms with Crippen molar-refractivity contribution in [3.05, 3.63) is 42.6 Å². The molecule has 1 fully saturated rings. The molecular weight excluding hydrogens is 344 g/mol. The maximum Gasteiger partial charge on any atom is 0.234 e. The van der Waals surface area contributed by atoms with Gasteiger partial charge in [0.15, 0.2) is 5.65 Å². The number of anilines is 1. The van der Waals surface area contributed by atoms with Gasteiger partial charge in [0.2, 0.25) is 5.91 Å². The van der Waals surface area contributed by atoms with E-state index in [1.807, 2.05) is 25.4 Å². The first-order chi connectivity index (χ1) is 13.2. The van der Waals surface area contributed by atoms with Crippen molar-refractivity contribution in [2.75, 3.05) is 37.6 Å². The summed E-state index contributed by atoms with van der Waals surface area (Å²) in [5.41, 5.74) is 1.83. The van der Waals surface area contributed by atoms with E-state index in [2.05, 4.69) is 35.2 Å². The van der Waals surface area contributed by atoms with Crippen molar-refractivity contribution >= 4 is 22.8 Å². The minimum absolute atomic E-state index is 0.0315. The second-order valence-corrected chi connectivity index (χ2v) is 6.60. The zero-order valence-electron chi connectivity index (χ0n) is 15.2. The van der Waals surface area contributed by atoms with Crippen LogP contribution in [0.5, 0.6) is 0 Å². The number of carbonyl (C=O) groups excluding carboxylic acids is 1. The highest BCUT2D eigenvalue weighted by Gasteiger charge is 2.22. The maximum absolute atomic E-state index is 12.2. The summed E-state index contributed by atoms with van der Waals surface area (Å²) in [6.45, 7) is 4.17. The predicted molar refractivity (Wildman–Crippen MR) is 101 cm³/mol. The highest BCUT2D eigenvalue weighted by atomic mass is 16.2. The fourth-order valence-corrected chi connectivity index (χ4v) is 3.28. The Balaban J connectivity index is 1.30. The zero-order chi connectivity index (χ0) is 18.6. The van der Waals surface area contributed by atoms with Gasteiger partial charge < -0.3 is 10.2 Å². The van der Waals surface area contributed by atoms with Crippen molar-refractivity contribution in [3.63, 3.8) is 0 Å². The SMILES string of the molecule is Cn1ncc2c(N3CCN(CC(=O)NCc4cccnc4)CC3)ncnc21. The van der Waals surface area contributed by atoms with Gasteiger partial charge in [-0.25, -0.2) is 9.97 Å². The van der Waals surface area contributed by atoms with Crippen LogP contribution in [0.2, 0.25) is 0 Å². The smallest absolute Gasteiger partial charge is 0.234 e. The topological polar surface area (TPSA) is 92.1 Å². The van der Waals surface area contributed by atoms with Gasteiger partial charge in [-0.15, -0.1) is 0 Å². The number of aromatic nitrogens is 5. The van der Waals surface area contributed by atoms with Gasteiger partial charge in [0.25, 0.3) is 0 Å².